The molecule has 332 valence electrons. The van der Waals surface area contributed by atoms with Crippen molar-refractivity contribution in [3.8, 4) is 5.75 Å². The van der Waals surface area contributed by atoms with Crippen LogP contribution >= 0.6 is 0 Å². The SMILES string of the molecule is CN(c1ccccc1)c1nc(=Nc2cccc(S(=O)(=O)CCOS(=O)(=O)O)c2)[nH]c(=Nc2cc(S(=O)(=O)[O-])cc3cc(S(=O)(=O)[O-])c(N=Nc4ccccc4S(=O)(=O)[O-])c([O-])c23)[nH]1.[Na+].[Na+].[Na+].[Na+]. The zero-order valence-electron chi connectivity index (χ0n) is 35.4. The van der Waals surface area contributed by atoms with Gasteiger partial charge in [-0.05, 0) is 66.0 Å². The third-order valence-electron chi connectivity index (χ3n) is 8.40. The van der Waals surface area contributed by atoms with Gasteiger partial charge in [0, 0.05) is 18.1 Å². The number of aromatic nitrogens is 3. The summed E-state index contributed by atoms with van der Waals surface area (Å²) in [5, 5.41) is 20.0. The Balaban J connectivity index is 0.00000385. The first-order valence-electron chi connectivity index (χ1n) is 17.0. The largest absolute Gasteiger partial charge is 1.00 e. The quantitative estimate of drug-likeness (QED) is 0.0518. The Morgan fingerprint density at radius 2 is 1.30 bits per heavy atom. The number of benzene rings is 5. The molecule has 0 aliphatic carbocycles. The van der Waals surface area contributed by atoms with Crippen molar-refractivity contribution in [2.75, 3.05) is 24.3 Å². The molecule has 33 heteroatoms. The van der Waals surface area contributed by atoms with Crippen LogP contribution in [-0.2, 0) is 54.8 Å². The molecule has 0 spiro atoms. The third-order valence-corrected chi connectivity index (χ3v) is 13.1. The fourth-order valence-corrected chi connectivity index (χ4v) is 8.90. The molecule has 24 nitrogen and oxygen atoms in total. The molecule has 5 aromatic carbocycles. The molecular weight excluding hydrogens is 1030 g/mol. The molecule has 67 heavy (non-hydrogen) atoms. The van der Waals surface area contributed by atoms with E-state index >= 15 is 0 Å². The molecular formula is C34H26N8Na4O16S5. The van der Waals surface area contributed by atoms with E-state index in [2.05, 4.69) is 39.3 Å². The van der Waals surface area contributed by atoms with Crippen LogP contribution in [0.15, 0.2) is 137 Å². The van der Waals surface area contributed by atoms with E-state index in [4.69, 9.17) is 4.55 Å². The van der Waals surface area contributed by atoms with E-state index in [0.717, 1.165) is 30.3 Å². The molecule has 0 atom stereocenters. The summed E-state index contributed by atoms with van der Waals surface area (Å²) in [7, 11) is -23.9. The molecule has 0 aliphatic heterocycles. The Hall–Kier alpha value is -2.28. The molecule has 0 saturated heterocycles. The number of rotatable bonds is 14. The van der Waals surface area contributed by atoms with E-state index in [-0.39, 0.29) is 140 Å². The molecule has 1 heterocycles. The summed E-state index contributed by atoms with van der Waals surface area (Å²) in [6.45, 7) is -0.918. The first-order chi connectivity index (χ1) is 29.3. The van der Waals surface area contributed by atoms with Crippen LogP contribution in [0.1, 0.15) is 0 Å². The second kappa shape index (κ2) is 24.2. The van der Waals surface area contributed by atoms with Crippen molar-refractivity contribution in [2.24, 2.45) is 20.2 Å². The second-order valence-electron chi connectivity index (χ2n) is 12.7. The van der Waals surface area contributed by atoms with Crippen molar-refractivity contribution in [2.45, 2.75) is 19.6 Å². The molecule has 6 aromatic rings. The van der Waals surface area contributed by atoms with Gasteiger partial charge >= 0.3 is 129 Å². The summed E-state index contributed by atoms with van der Waals surface area (Å²) < 4.78 is 171. The molecule has 0 fully saturated rings. The van der Waals surface area contributed by atoms with Crippen molar-refractivity contribution in [3.63, 3.8) is 0 Å². The van der Waals surface area contributed by atoms with Crippen LogP contribution in [-0.4, -0.2) is 94.7 Å². The van der Waals surface area contributed by atoms with Gasteiger partial charge in [0.15, 0.2) is 9.84 Å². The van der Waals surface area contributed by atoms with E-state index < -0.39 is 117 Å². The predicted molar refractivity (Wildman–Crippen MR) is 212 cm³/mol. The van der Waals surface area contributed by atoms with Gasteiger partial charge in [0.25, 0.3) is 0 Å². The molecule has 3 N–H and O–H groups in total. The molecule has 0 amide bonds. The minimum absolute atomic E-state index is 0. The molecule has 0 saturated carbocycles. The number of para-hydroxylation sites is 1. The first-order valence-corrected chi connectivity index (χ1v) is 24.3. The van der Waals surface area contributed by atoms with Gasteiger partial charge in [-0.25, -0.2) is 47.8 Å². The maximum atomic E-state index is 14.2. The summed E-state index contributed by atoms with van der Waals surface area (Å²) in [6.07, 6.45) is 0. The van der Waals surface area contributed by atoms with E-state index in [0.29, 0.717) is 23.9 Å². The number of aromatic amines is 2. The van der Waals surface area contributed by atoms with Gasteiger partial charge in [-0.3, -0.25) is 14.5 Å². The van der Waals surface area contributed by atoms with Gasteiger partial charge in [0.2, 0.25) is 17.2 Å². The molecule has 0 radical (unpaired) electrons. The minimum Gasteiger partial charge on any atom is -0.870 e. The van der Waals surface area contributed by atoms with Crippen LogP contribution in [0.3, 0.4) is 0 Å². The fourth-order valence-electron chi connectivity index (χ4n) is 5.59. The first kappa shape index (κ1) is 60.8. The minimum atomic E-state index is -5.67. The van der Waals surface area contributed by atoms with E-state index in [1.165, 1.54) is 30.1 Å². The number of nitrogens with one attached hydrogen (secondary N) is 2. The Kier molecular flexibility index (Phi) is 22.0. The standard InChI is InChI=1S/C34H30N8O16S5.4Na/c1-42(22-9-3-2-4-10-22)34-38-32(35-21-8-7-11-23(18-21)59(44,45)15-14-58-63(55,56)57)37-33(39-34)36-26-19-24(60(46,47)48)16-20-17-28(62(52,53)54)30(31(43)29(20)26)41-40-25-12-5-6-13-27(25)61(49,50)51;;;;/h2-13,16-19,43H,14-15H2,1H3,(H,46,47,48)(H,49,50,51)(H,52,53,54)(H,55,56,57)(H2,35,36,37,38,39);;;;/q;4*+1/p-4. The number of nitrogens with zero attached hydrogens (tertiary/aromatic N) is 6. The van der Waals surface area contributed by atoms with Crippen LogP contribution in [0.2, 0.25) is 0 Å². The second-order valence-corrected chi connectivity index (χ2v) is 19.9. The van der Waals surface area contributed by atoms with E-state index in [1.807, 2.05) is 0 Å². The molecule has 0 bridgehead atoms. The number of hydrogen-bond acceptors (Lipinski definition) is 21. The zero-order valence-corrected chi connectivity index (χ0v) is 47.5. The van der Waals surface area contributed by atoms with Crippen molar-refractivity contribution in [1.82, 2.24) is 15.0 Å². The summed E-state index contributed by atoms with van der Waals surface area (Å²) in [5.74, 6) is -2.38. The van der Waals surface area contributed by atoms with Gasteiger partial charge in [0.1, 0.15) is 36.0 Å². The topological polar surface area (TPSA) is 390 Å². The smallest absolute Gasteiger partial charge is 0.870 e. The fraction of sp³-hybridized carbons (Fsp3) is 0.0882. The number of hydrogen-bond donors (Lipinski definition) is 3. The van der Waals surface area contributed by atoms with Crippen LogP contribution in [0, 0.1) is 0 Å². The van der Waals surface area contributed by atoms with Gasteiger partial charge in [-0.1, -0.05) is 42.1 Å². The number of H-pyrrole nitrogens is 2. The Morgan fingerprint density at radius 3 is 1.91 bits per heavy atom. The van der Waals surface area contributed by atoms with E-state index in [1.54, 1.807) is 30.3 Å². The Bertz CT molecular complexity index is 3570. The number of sulfone groups is 1. The van der Waals surface area contributed by atoms with Crippen LogP contribution in [0.5, 0.6) is 5.75 Å². The normalized spacial score (nSPS) is 12.7. The number of azo groups is 1. The molecule has 6 rings (SSSR count). The zero-order chi connectivity index (χ0) is 46.1. The van der Waals surface area contributed by atoms with Crippen LogP contribution < -0.4 is 139 Å². The maximum absolute atomic E-state index is 14.2. The summed E-state index contributed by atoms with van der Waals surface area (Å²) in [4.78, 5) is 16.3. The predicted octanol–water partition coefficient (Wildman–Crippen LogP) is -10.1. The van der Waals surface area contributed by atoms with Crippen molar-refractivity contribution < 1.29 is 188 Å². The average molecular weight is 1050 g/mol. The summed E-state index contributed by atoms with van der Waals surface area (Å²) in [5.41, 5.74) is -2.84. The van der Waals surface area contributed by atoms with Crippen molar-refractivity contribution in [1.29, 1.82) is 0 Å². The van der Waals surface area contributed by atoms with Crippen LogP contribution in [0.25, 0.3) is 10.8 Å². The average Bonchev–Trinajstić information content (AvgIpc) is 3.18. The molecule has 0 aliphatic rings. The van der Waals surface area contributed by atoms with E-state index in [9.17, 15) is 60.9 Å². The Labute approximate surface area is 470 Å². The van der Waals surface area contributed by atoms with Gasteiger partial charge in [0.05, 0.1) is 49.0 Å². The van der Waals surface area contributed by atoms with Gasteiger partial charge in [-0.15, -0.1) is 10.2 Å². The summed E-state index contributed by atoms with van der Waals surface area (Å²) >= 11 is 0. The number of fused-ring (bicyclic) bond motifs is 1. The third kappa shape index (κ3) is 15.9. The van der Waals surface area contributed by atoms with Crippen LogP contribution in [0.4, 0.5) is 34.4 Å². The molecule has 1 aromatic heterocycles. The Morgan fingerprint density at radius 1 is 0.672 bits per heavy atom. The van der Waals surface area contributed by atoms with Crippen molar-refractivity contribution in [3.05, 3.63) is 108 Å². The van der Waals surface area contributed by atoms with Gasteiger partial charge < -0.3 is 23.7 Å². The number of anilines is 2. The maximum Gasteiger partial charge on any atom is 1.00 e. The summed E-state index contributed by atoms with van der Waals surface area (Å²) in [6, 6.07) is 19.3. The van der Waals surface area contributed by atoms with Gasteiger partial charge in [-0.2, -0.15) is 13.4 Å². The molecule has 0 unspecified atom stereocenters. The monoisotopic (exact) mass is 1050 g/mol. The van der Waals surface area contributed by atoms with Crippen molar-refractivity contribution >= 4 is 95.7 Å².